The van der Waals surface area contributed by atoms with Crippen molar-refractivity contribution in [2.24, 2.45) is 0 Å². The second-order valence-electron chi connectivity index (χ2n) is 7.78. The monoisotopic (exact) mass is 481 g/mol. The quantitative estimate of drug-likeness (QED) is 0.377. The molecule has 3 heterocycles. The standard InChI is InChI=1S/C26H19N5O3S/c1-16-4-2-7-20(12-16)31-23(33)14-22(32)24(30-31)25(34)28-19-6-3-5-18(13-19)21-15-35-26(29-21)17-8-10-27-11-9-17/h2-15,32H,1H3,(H,28,34). The molecule has 3 aromatic heterocycles. The van der Waals surface area contributed by atoms with E-state index in [0.29, 0.717) is 11.4 Å². The van der Waals surface area contributed by atoms with Gasteiger partial charge in [0, 0.05) is 40.7 Å². The van der Waals surface area contributed by atoms with Crippen LogP contribution in [0.5, 0.6) is 5.75 Å². The highest BCUT2D eigenvalue weighted by Gasteiger charge is 2.18. The number of aromatic nitrogens is 4. The van der Waals surface area contributed by atoms with Crippen LogP contribution in [0.3, 0.4) is 0 Å². The molecular weight excluding hydrogens is 462 g/mol. The van der Waals surface area contributed by atoms with E-state index in [1.54, 1.807) is 48.8 Å². The van der Waals surface area contributed by atoms with E-state index in [9.17, 15) is 14.7 Å². The lowest BCUT2D eigenvalue weighted by Crippen LogP contribution is -2.25. The Morgan fingerprint density at radius 3 is 2.60 bits per heavy atom. The summed E-state index contributed by atoms with van der Waals surface area (Å²) in [7, 11) is 0. The van der Waals surface area contributed by atoms with Crippen LogP contribution < -0.4 is 10.9 Å². The number of nitrogens with zero attached hydrogens (tertiary/aromatic N) is 4. The minimum Gasteiger partial charge on any atom is -0.505 e. The van der Waals surface area contributed by atoms with Crippen molar-refractivity contribution in [2.75, 3.05) is 5.32 Å². The number of thiazole rings is 1. The van der Waals surface area contributed by atoms with Crippen LogP contribution >= 0.6 is 11.3 Å². The summed E-state index contributed by atoms with van der Waals surface area (Å²) in [6.07, 6.45) is 3.44. The van der Waals surface area contributed by atoms with Crippen molar-refractivity contribution in [3.63, 3.8) is 0 Å². The van der Waals surface area contributed by atoms with Crippen molar-refractivity contribution in [1.29, 1.82) is 0 Å². The SMILES string of the molecule is Cc1cccc(-n2nc(C(=O)Nc3cccc(-c4csc(-c5ccncc5)n4)c3)c(O)cc2=O)c1. The van der Waals surface area contributed by atoms with Crippen LogP contribution in [0.25, 0.3) is 27.5 Å². The zero-order chi connectivity index (χ0) is 24.4. The Morgan fingerprint density at radius 1 is 1.00 bits per heavy atom. The van der Waals surface area contributed by atoms with E-state index < -0.39 is 17.2 Å². The molecule has 8 nitrogen and oxygen atoms in total. The minimum atomic E-state index is -0.642. The average molecular weight is 482 g/mol. The molecule has 0 aliphatic heterocycles. The number of pyridine rings is 1. The van der Waals surface area contributed by atoms with Crippen LogP contribution in [0.15, 0.2) is 89.3 Å². The molecule has 2 N–H and O–H groups in total. The fourth-order valence-electron chi connectivity index (χ4n) is 3.53. The number of nitrogens with one attached hydrogen (secondary N) is 1. The normalized spacial score (nSPS) is 10.8. The summed E-state index contributed by atoms with van der Waals surface area (Å²) < 4.78 is 1.09. The second-order valence-corrected chi connectivity index (χ2v) is 8.63. The van der Waals surface area contributed by atoms with Crippen LogP contribution in [0.4, 0.5) is 5.69 Å². The molecule has 5 aromatic rings. The first-order valence-electron chi connectivity index (χ1n) is 10.7. The molecule has 0 spiro atoms. The summed E-state index contributed by atoms with van der Waals surface area (Å²) in [5.41, 5.74) is 3.70. The fraction of sp³-hybridized carbons (Fsp3) is 0.0385. The molecule has 0 saturated carbocycles. The van der Waals surface area contributed by atoms with Crippen LogP contribution in [0, 0.1) is 6.92 Å². The minimum absolute atomic E-state index is 0.259. The summed E-state index contributed by atoms with van der Waals surface area (Å²) in [5, 5.41) is 19.9. The van der Waals surface area contributed by atoms with Gasteiger partial charge in [-0.3, -0.25) is 14.6 Å². The number of rotatable bonds is 5. The maximum atomic E-state index is 13.0. The molecule has 35 heavy (non-hydrogen) atoms. The number of anilines is 1. The van der Waals surface area contributed by atoms with Gasteiger partial charge in [0.25, 0.3) is 11.5 Å². The second kappa shape index (κ2) is 9.32. The number of hydrogen-bond acceptors (Lipinski definition) is 7. The zero-order valence-corrected chi connectivity index (χ0v) is 19.4. The Kier molecular flexibility index (Phi) is 5.90. The summed E-state index contributed by atoms with van der Waals surface area (Å²) in [4.78, 5) is 34.1. The molecule has 2 aromatic carbocycles. The number of amides is 1. The van der Waals surface area contributed by atoms with Gasteiger partial charge in [-0.25, -0.2) is 4.98 Å². The third kappa shape index (κ3) is 4.71. The van der Waals surface area contributed by atoms with Crippen molar-refractivity contribution >= 4 is 22.9 Å². The lowest BCUT2D eigenvalue weighted by Gasteiger charge is -2.10. The fourth-order valence-corrected chi connectivity index (χ4v) is 4.37. The molecule has 0 fully saturated rings. The Morgan fingerprint density at radius 2 is 1.80 bits per heavy atom. The molecule has 0 atom stereocenters. The molecule has 1 amide bonds. The molecule has 0 bridgehead atoms. The van der Waals surface area contributed by atoms with E-state index in [-0.39, 0.29) is 5.69 Å². The third-order valence-corrected chi connectivity index (χ3v) is 6.11. The highest BCUT2D eigenvalue weighted by atomic mass is 32.1. The average Bonchev–Trinajstić information content (AvgIpc) is 3.35. The first-order valence-corrected chi connectivity index (χ1v) is 11.5. The number of aromatic hydroxyl groups is 1. The zero-order valence-electron chi connectivity index (χ0n) is 18.5. The number of aryl methyl sites for hydroxylation is 1. The number of benzene rings is 2. The maximum absolute atomic E-state index is 13.0. The summed E-state index contributed by atoms with van der Waals surface area (Å²) >= 11 is 1.52. The predicted molar refractivity (Wildman–Crippen MR) is 135 cm³/mol. The van der Waals surface area contributed by atoms with Gasteiger partial charge in [0.1, 0.15) is 5.01 Å². The van der Waals surface area contributed by atoms with E-state index in [1.807, 2.05) is 36.6 Å². The summed E-state index contributed by atoms with van der Waals surface area (Å²) in [5.74, 6) is -1.13. The molecule has 5 rings (SSSR count). The highest BCUT2D eigenvalue weighted by molar-refractivity contribution is 7.13. The molecule has 0 aliphatic carbocycles. The van der Waals surface area contributed by atoms with E-state index in [2.05, 4.69) is 15.4 Å². The van der Waals surface area contributed by atoms with Gasteiger partial charge in [-0.1, -0.05) is 24.3 Å². The first kappa shape index (κ1) is 22.2. The van der Waals surface area contributed by atoms with Crippen molar-refractivity contribution < 1.29 is 9.90 Å². The number of carbonyl (C=O) groups excluding carboxylic acids is 1. The van der Waals surface area contributed by atoms with Gasteiger partial charge < -0.3 is 10.4 Å². The van der Waals surface area contributed by atoms with Crippen LogP contribution in [-0.4, -0.2) is 30.8 Å². The van der Waals surface area contributed by atoms with Crippen LogP contribution in [0.1, 0.15) is 16.1 Å². The summed E-state index contributed by atoms with van der Waals surface area (Å²) in [6.45, 7) is 1.89. The topological polar surface area (TPSA) is 110 Å². The smallest absolute Gasteiger partial charge is 0.279 e. The van der Waals surface area contributed by atoms with Gasteiger partial charge in [0.15, 0.2) is 11.4 Å². The molecule has 172 valence electrons. The molecular formula is C26H19N5O3S. The van der Waals surface area contributed by atoms with Crippen molar-refractivity contribution in [3.05, 3.63) is 106 Å². The Bertz CT molecular complexity index is 1590. The number of hydrogen-bond donors (Lipinski definition) is 2. The first-order chi connectivity index (χ1) is 17.0. The van der Waals surface area contributed by atoms with Crippen molar-refractivity contribution in [1.82, 2.24) is 19.7 Å². The largest absolute Gasteiger partial charge is 0.505 e. The lowest BCUT2D eigenvalue weighted by molar-refractivity contribution is 0.101. The highest BCUT2D eigenvalue weighted by Crippen LogP contribution is 2.30. The van der Waals surface area contributed by atoms with E-state index in [4.69, 9.17) is 4.98 Å². The van der Waals surface area contributed by atoms with Crippen molar-refractivity contribution in [3.8, 4) is 33.3 Å². The van der Waals surface area contributed by atoms with Gasteiger partial charge in [0.05, 0.1) is 11.4 Å². The van der Waals surface area contributed by atoms with Gasteiger partial charge >= 0.3 is 0 Å². The molecule has 0 saturated heterocycles. The van der Waals surface area contributed by atoms with Crippen LogP contribution in [-0.2, 0) is 0 Å². The van der Waals surface area contributed by atoms with E-state index in [0.717, 1.165) is 38.1 Å². The Balaban J connectivity index is 1.41. The van der Waals surface area contributed by atoms with Gasteiger partial charge in [-0.15, -0.1) is 11.3 Å². The van der Waals surface area contributed by atoms with Crippen molar-refractivity contribution in [2.45, 2.75) is 6.92 Å². The molecule has 0 radical (unpaired) electrons. The van der Waals surface area contributed by atoms with Gasteiger partial charge in [0.2, 0.25) is 0 Å². The maximum Gasteiger partial charge on any atom is 0.279 e. The molecule has 9 heteroatoms. The third-order valence-electron chi connectivity index (χ3n) is 5.22. The van der Waals surface area contributed by atoms with Crippen LogP contribution in [0.2, 0.25) is 0 Å². The lowest BCUT2D eigenvalue weighted by atomic mass is 10.1. The van der Waals surface area contributed by atoms with Gasteiger partial charge in [-0.2, -0.15) is 9.78 Å². The van der Waals surface area contributed by atoms with Gasteiger partial charge in [-0.05, 0) is 48.9 Å². The Labute approximate surface area is 204 Å². The molecule has 0 aliphatic rings. The molecule has 0 unspecified atom stereocenters. The predicted octanol–water partition coefficient (Wildman–Crippen LogP) is 4.68. The van der Waals surface area contributed by atoms with E-state index in [1.165, 1.54) is 11.3 Å². The summed E-state index contributed by atoms with van der Waals surface area (Å²) in [6, 6.07) is 19.1. The number of carbonyl (C=O) groups is 1. The Hall–Kier alpha value is -4.63. The van der Waals surface area contributed by atoms with E-state index >= 15 is 0 Å².